The number of nitrogens with one attached hydrogen (secondary N) is 3. The van der Waals surface area contributed by atoms with Crippen LogP contribution in [-0.4, -0.2) is 37.5 Å². The minimum Gasteiger partial charge on any atom is -0.355 e. The van der Waals surface area contributed by atoms with E-state index in [1.54, 1.807) is 0 Å². The van der Waals surface area contributed by atoms with E-state index in [4.69, 9.17) is 0 Å². The number of amides is 2. The van der Waals surface area contributed by atoms with Gasteiger partial charge in [0.05, 0.1) is 5.56 Å². The summed E-state index contributed by atoms with van der Waals surface area (Å²) in [6, 6.07) is 2.98. The van der Waals surface area contributed by atoms with Gasteiger partial charge in [0, 0.05) is 31.6 Å². The highest BCUT2D eigenvalue weighted by Crippen LogP contribution is 2.09. The lowest BCUT2D eigenvalue weighted by Gasteiger charge is -2.13. The number of carbonyl (C=O) groups excluding carboxylic acids is 2. The Hall–Kier alpha value is -1.73. The van der Waals surface area contributed by atoms with Crippen LogP contribution < -0.4 is 16.0 Å². The van der Waals surface area contributed by atoms with Crippen LogP contribution in [0.2, 0.25) is 0 Å². The van der Waals surface area contributed by atoms with Crippen molar-refractivity contribution in [1.82, 2.24) is 16.0 Å². The Morgan fingerprint density at radius 3 is 2.54 bits per heavy atom. The molecule has 5 nitrogen and oxygen atoms in total. The van der Waals surface area contributed by atoms with Crippen molar-refractivity contribution in [3.63, 3.8) is 0 Å². The summed E-state index contributed by atoms with van der Waals surface area (Å²) in [5, 5.41) is 8.47. The first kappa shape index (κ1) is 22.3. The van der Waals surface area contributed by atoms with Gasteiger partial charge in [0.25, 0.3) is 5.91 Å². The number of benzene rings is 1. The van der Waals surface area contributed by atoms with Crippen molar-refractivity contribution >= 4 is 24.2 Å². The predicted molar refractivity (Wildman–Crippen MR) is 91.3 cm³/mol. The highest BCUT2D eigenvalue weighted by molar-refractivity contribution is 5.94. The van der Waals surface area contributed by atoms with E-state index in [2.05, 4.69) is 16.0 Å². The summed E-state index contributed by atoms with van der Waals surface area (Å²) in [6.07, 6.45) is 0.709. The molecule has 0 aromatic heterocycles. The van der Waals surface area contributed by atoms with Crippen molar-refractivity contribution in [2.24, 2.45) is 0 Å². The van der Waals surface area contributed by atoms with E-state index in [0.29, 0.717) is 19.0 Å². The van der Waals surface area contributed by atoms with Gasteiger partial charge < -0.3 is 16.0 Å². The molecule has 24 heavy (non-hydrogen) atoms. The number of hydrogen-bond donors (Lipinski definition) is 3. The third-order valence-electron chi connectivity index (χ3n) is 3.20. The van der Waals surface area contributed by atoms with Crippen molar-refractivity contribution in [1.29, 1.82) is 0 Å². The molecule has 0 unspecified atom stereocenters. The number of rotatable bonds is 9. The topological polar surface area (TPSA) is 70.2 Å². The van der Waals surface area contributed by atoms with Crippen molar-refractivity contribution in [2.75, 3.05) is 19.6 Å². The molecule has 3 N–H and O–H groups in total. The first-order valence-electron chi connectivity index (χ1n) is 7.67. The lowest BCUT2D eigenvalue weighted by atomic mass is 10.2. The second kappa shape index (κ2) is 11.8. The van der Waals surface area contributed by atoms with Crippen LogP contribution in [-0.2, 0) is 4.79 Å². The van der Waals surface area contributed by atoms with Crippen molar-refractivity contribution in [3.05, 3.63) is 35.4 Å². The SMILES string of the molecule is CCN[C@H](C)CNC(=O)CCCNC(=O)c1ccc(F)cc1F.Cl. The summed E-state index contributed by atoms with van der Waals surface area (Å²) in [7, 11) is 0. The zero-order valence-corrected chi connectivity index (χ0v) is 14.6. The van der Waals surface area contributed by atoms with E-state index in [-0.39, 0.29) is 42.9 Å². The highest BCUT2D eigenvalue weighted by Gasteiger charge is 2.12. The molecular weight excluding hydrogens is 340 g/mol. The number of halogens is 3. The van der Waals surface area contributed by atoms with Gasteiger partial charge in [0.1, 0.15) is 11.6 Å². The fourth-order valence-corrected chi connectivity index (χ4v) is 2.00. The maximum Gasteiger partial charge on any atom is 0.254 e. The minimum atomic E-state index is -0.905. The summed E-state index contributed by atoms with van der Waals surface area (Å²) < 4.78 is 26.2. The molecule has 1 rings (SSSR count). The fourth-order valence-electron chi connectivity index (χ4n) is 2.00. The van der Waals surface area contributed by atoms with E-state index in [0.717, 1.165) is 18.7 Å². The van der Waals surface area contributed by atoms with Crippen LogP contribution in [0.1, 0.15) is 37.0 Å². The molecule has 0 heterocycles. The molecule has 0 aliphatic heterocycles. The van der Waals surface area contributed by atoms with Crippen LogP contribution in [0.5, 0.6) is 0 Å². The Morgan fingerprint density at radius 2 is 1.92 bits per heavy atom. The normalized spacial score (nSPS) is 11.3. The lowest BCUT2D eigenvalue weighted by molar-refractivity contribution is -0.121. The van der Waals surface area contributed by atoms with Crippen LogP contribution in [0.3, 0.4) is 0 Å². The zero-order valence-electron chi connectivity index (χ0n) is 13.8. The second-order valence-electron chi connectivity index (χ2n) is 5.25. The molecule has 0 fully saturated rings. The van der Waals surface area contributed by atoms with E-state index < -0.39 is 17.5 Å². The number of likely N-dealkylation sites (N-methyl/N-ethyl adjacent to an activating group) is 1. The molecule has 2 amide bonds. The van der Waals surface area contributed by atoms with E-state index in [1.165, 1.54) is 0 Å². The average molecular weight is 364 g/mol. The molecule has 0 spiro atoms. The summed E-state index contributed by atoms with van der Waals surface area (Å²) >= 11 is 0. The van der Waals surface area contributed by atoms with Crippen LogP contribution in [0.4, 0.5) is 8.78 Å². The Kier molecular flexibility index (Phi) is 10.9. The van der Waals surface area contributed by atoms with Gasteiger partial charge in [-0.3, -0.25) is 9.59 Å². The molecule has 0 radical (unpaired) electrons. The maximum atomic E-state index is 13.4. The molecule has 0 saturated carbocycles. The van der Waals surface area contributed by atoms with Gasteiger partial charge in [-0.1, -0.05) is 6.92 Å². The summed E-state index contributed by atoms with van der Waals surface area (Å²) in [4.78, 5) is 23.3. The summed E-state index contributed by atoms with van der Waals surface area (Å²) in [5.74, 6) is -2.36. The monoisotopic (exact) mass is 363 g/mol. The molecule has 1 aromatic rings. The minimum absolute atomic E-state index is 0. The first-order valence-corrected chi connectivity index (χ1v) is 7.67. The number of hydrogen-bond acceptors (Lipinski definition) is 3. The third-order valence-corrected chi connectivity index (χ3v) is 3.20. The average Bonchev–Trinajstić information content (AvgIpc) is 2.49. The van der Waals surface area contributed by atoms with Crippen LogP contribution in [0, 0.1) is 11.6 Å². The Morgan fingerprint density at radius 1 is 1.21 bits per heavy atom. The molecular formula is C16H24ClF2N3O2. The Labute approximate surface area is 147 Å². The molecule has 8 heteroatoms. The fraction of sp³-hybridized carbons (Fsp3) is 0.500. The van der Waals surface area contributed by atoms with Crippen molar-refractivity contribution in [2.45, 2.75) is 32.7 Å². The standard InChI is InChI=1S/C16H23F2N3O2.ClH/c1-3-19-11(2)10-21-15(22)5-4-8-20-16(23)13-7-6-12(17)9-14(13)18;/h6-7,9,11,19H,3-5,8,10H2,1-2H3,(H,20,23)(H,21,22);1H/t11-;/m1./s1. The maximum absolute atomic E-state index is 13.4. The quantitative estimate of drug-likeness (QED) is 0.588. The molecule has 0 saturated heterocycles. The smallest absolute Gasteiger partial charge is 0.254 e. The lowest BCUT2D eigenvalue weighted by Crippen LogP contribution is -2.39. The zero-order chi connectivity index (χ0) is 17.2. The molecule has 1 atom stereocenters. The van der Waals surface area contributed by atoms with E-state index in [9.17, 15) is 18.4 Å². The van der Waals surface area contributed by atoms with Gasteiger partial charge in [0.15, 0.2) is 0 Å². The molecule has 0 aliphatic rings. The predicted octanol–water partition coefficient (Wildman–Crippen LogP) is 2.01. The van der Waals surface area contributed by atoms with Crippen molar-refractivity contribution in [3.8, 4) is 0 Å². The van der Waals surface area contributed by atoms with Gasteiger partial charge in [0.2, 0.25) is 5.91 Å². The van der Waals surface area contributed by atoms with E-state index >= 15 is 0 Å². The first-order chi connectivity index (χ1) is 10.9. The third kappa shape index (κ3) is 8.21. The van der Waals surface area contributed by atoms with Gasteiger partial charge >= 0.3 is 0 Å². The van der Waals surface area contributed by atoms with Crippen molar-refractivity contribution < 1.29 is 18.4 Å². The highest BCUT2D eigenvalue weighted by atomic mass is 35.5. The molecule has 136 valence electrons. The van der Waals surface area contributed by atoms with Gasteiger partial charge in [-0.05, 0) is 32.0 Å². The van der Waals surface area contributed by atoms with Crippen LogP contribution in [0.15, 0.2) is 18.2 Å². The second-order valence-corrected chi connectivity index (χ2v) is 5.25. The summed E-state index contributed by atoms with van der Waals surface area (Å²) in [5.41, 5.74) is -0.213. The molecule has 0 aliphatic carbocycles. The largest absolute Gasteiger partial charge is 0.355 e. The van der Waals surface area contributed by atoms with Gasteiger partial charge in [-0.2, -0.15) is 0 Å². The molecule has 0 bridgehead atoms. The van der Waals surface area contributed by atoms with Gasteiger partial charge in [-0.25, -0.2) is 8.78 Å². The van der Waals surface area contributed by atoms with E-state index in [1.807, 2.05) is 13.8 Å². The summed E-state index contributed by atoms with van der Waals surface area (Å²) in [6.45, 7) is 5.58. The Balaban J connectivity index is 0.00000529. The molecule has 1 aromatic carbocycles. The Bertz CT molecular complexity index is 544. The van der Waals surface area contributed by atoms with Crippen LogP contribution in [0.25, 0.3) is 0 Å². The number of carbonyl (C=O) groups is 2. The van der Waals surface area contributed by atoms with Gasteiger partial charge in [-0.15, -0.1) is 12.4 Å². The van der Waals surface area contributed by atoms with Crippen LogP contribution >= 0.6 is 12.4 Å².